The lowest BCUT2D eigenvalue weighted by atomic mass is 10.2. The number of piperidine rings is 1. The van der Waals surface area contributed by atoms with Crippen molar-refractivity contribution in [3.05, 3.63) is 35.9 Å². The number of carbonyl (C=O) groups is 2. The summed E-state index contributed by atoms with van der Waals surface area (Å²) in [6, 6.07) is 8.74. The van der Waals surface area contributed by atoms with Gasteiger partial charge in [-0.2, -0.15) is 13.2 Å². The van der Waals surface area contributed by atoms with E-state index in [9.17, 15) is 22.8 Å². The van der Waals surface area contributed by atoms with Gasteiger partial charge in [0.1, 0.15) is 0 Å². The van der Waals surface area contributed by atoms with Crippen LogP contribution in [0.2, 0.25) is 0 Å². The summed E-state index contributed by atoms with van der Waals surface area (Å²) in [6.45, 7) is 0.0517. The molecule has 2 atom stereocenters. The number of likely N-dealkylation sites (tertiary alicyclic amines) is 1. The van der Waals surface area contributed by atoms with E-state index < -0.39 is 35.7 Å². The van der Waals surface area contributed by atoms with Crippen LogP contribution in [0, 0.1) is 17.8 Å². The summed E-state index contributed by atoms with van der Waals surface area (Å²) in [5, 5.41) is 0. The molecule has 0 bridgehead atoms. The van der Waals surface area contributed by atoms with Crippen LogP contribution >= 0.6 is 0 Å². The molecule has 0 spiro atoms. The van der Waals surface area contributed by atoms with Gasteiger partial charge in [-0.25, -0.2) is 0 Å². The zero-order valence-corrected chi connectivity index (χ0v) is 9.72. The summed E-state index contributed by atoms with van der Waals surface area (Å²) >= 11 is 0. The first-order valence-corrected chi connectivity index (χ1v) is 5.87. The lowest BCUT2D eigenvalue weighted by Gasteiger charge is -2.19. The van der Waals surface area contributed by atoms with E-state index in [0.717, 1.165) is 10.5 Å². The Kier molecular flexibility index (Phi) is 2.45. The Labute approximate surface area is 107 Å². The molecule has 100 valence electrons. The Bertz CT molecular complexity index is 519. The third kappa shape index (κ3) is 1.82. The minimum absolute atomic E-state index is 0.0517. The molecule has 2 aliphatic rings. The third-order valence-corrected chi connectivity index (χ3v) is 3.68. The minimum atomic E-state index is -4.46. The Morgan fingerprint density at radius 1 is 1.00 bits per heavy atom. The largest absolute Gasteiger partial charge is 0.393 e. The van der Waals surface area contributed by atoms with Gasteiger partial charge in [0.25, 0.3) is 0 Å². The van der Waals surface area contributed by atoms with Crippen molar-refractivity contribution in [3.63, 3.8) is 0 Å². The van der Waals surface area contributed by atoms with Crippen molar-refractivity contribution in [3.8, 4) is 0 Å². The van der Waals surface area contributed by atoms with Crippen molar-refractivity contribution in [1.29, 1.82) is 0 Å². The van der Waals surface area contributed by atoms with Crippen LogP contribution in [0.15, 0.2) is 30.3 Å². The minimum Gasteiger partial charge on any atom is -0.278 e. The predicted octanol–water partition coefficient (Wildman–Crippen LogP) is 1.98. The van der Waals surface area contributed by atoms with Gasteiger partial charge in [0.05, 0.1) is 24.3 Å². The van der Waals surface area contributed by atoms with E-state index >= 15 is 0 Å². The topological polar surface area (TPSA) is 37.4 Å². The van der Waals surface area contributed by atoms with Gasteiger partial charge >= 0.3 is 6.18 Å². The molecule has 1 aliphatic heterocycles. The zero-order chi connectivity index (χ0) is 13.8. The average molecular weight is 269 g/mol. The summed E-state index contributed by atoms with van der Waals surface area (Å²) in [7, 11) is 0. The van der Waals surface area contributed by atoms with Crippen molar-refractivity contribution >= 4 is 11.8 Å². The van der Waals surface area contributed by atoms with Gasteiger partial charge in [-0.05, 0) is 5.56 Å². The number of benzene rings is 1. The zero-order valence-electron chi connectivity index (χ0n) is 9.72. The van der Waals surface area contributed by atoms with Gasteiger partial charge in [-0.3, -0.25) is 14.5 Å². The fraction of sp³-hybridized carbons (Fsp3) is 0.385. The van der Waals surface area contributed by atoms with Crippen molar-refractivity contribution in [1.82, 2.24) is 4.90 Å². The lowest BCUT2D eigenvalue weighted by Crippen LogP contribution is -2.36. The molecule has 1 aliphatic carbocycles. The van der Waals surface area contributed by atoms with E-state index in [1.165, 1.54) is 0 Å². The standard InChI is InChI=1S/C13H10F3NO2/c14-13(15,16)10-8-9(10)12(19)17(11(8)18)6-7-4-2-1-3-5-7/h1-5,8-10H,6H2/t8-,9-/m0/s1. The molecular weight excluding hydrogens is 259 g/mol. The molecular formula is C13H10F3NO2. The highest BCUT2D eigenvalue weighted by Gasteiger charge is 2.75. The monoisotopic (exact) mass is 269 g/mol. The number of halogens is 3. The molecule has 3 nitrogen and oxygen atoms in total. The second kappa shape index (κ2) is 3.82. The van der Waals surface area contributed by atoms with Gasteiger partial charge in [-0.15, -0.1) is 0 Å². The average Bonchev–Trinajstić information content (AvgIpc) is 3.06. The van der Waals surface area contributed by atoms with Crippen molar-refractivity contribution < 1.29 is 22.8 Å². The second-order valence-corrected chi connectivity index (χ2v) is 4.87. The van der Waals surface area contributed by atoms with Crippen molar-refractivity contribution in [2.45, 2.75) is 12.7 Å². The van der Waals surface area contributed by atoms with Gasteiger partial charge in [0.15, 0.2) is 0 Å². The van der Waals surface area contributed by atoms with E-state index in [-0.39, 0.29) is 6.54 Å². The maximum absolute atomic E-state index is 12.5. The molecule has 1 saturated carbocycles. The Morgan fingerprint density at radius 3 is 2.00 bits per heavy atom. The molecule has 1 aromatic carbocycles. The molecule has 0 aromatic heterocycles. The highest BCUT2D eigenvalue weighted by molar-refractivity contribution is 6.09. The molecule has 2 fully saturated rings. The molecule has 19 heavy (non-hydrogen) atoms. The first-order valence-electron chi connectivity index (χ1n) is 5.87. The molecule has 1 aromatic rings. The van der Waals surface area contributed by atoms with E-state index in [1.807, 2.05) is 0 Å². The van der Waals surface area contributed by atoms with Crippen LogP contribution < -0.4 is 0 Å². The highest BCUT2D eigenvalue weighted by atomic mass is 19.4. The Hall–Kier alpha value is -1.85. The number of rotatable bonds is 2. The maximum atomic E-state index is 12.5. The summed E-state index contributed by atoms with van der Waals surface area (Å²) < 4.78 is 37.6. The highest BCUT2D eigenvalue weighted by Crippen LogP contribution is 2.60. The summed E-state index contributed by atoms with van der Waals surface area (Å²) in [4.78, 5) is 24.6. The summed E-state index contributed by atoms with van der Waals surface area (Å²) in [5.74, 6) is -5.52. The van der Waals surface area contributed by atoms with E-state index in [0.29, 0.717) is 0 Å². The number of fused-ring (bicyclic) bond motifs is 1. The Balaban J connectivity index is 1.76. The maximum Gasteiger partial charge on any atom is 0.393 e. The number of carbonyl (C=O) groups excluding carboxylic acids is 2. The van der Waals surface area contributed by atoms with Gasteiger partial charge < -0.3 is 0 Å². The van der Waals surface area contributed by atoms with Crippen LogP contribution in [-0.4, -0.2) is 22.9 Å². The summed E-state index contributed by atoms with van der Waals surface area (Å²) in [5.41, 5.74) is 0.731. The lowest BCUT2D eigenvalue weighted by molar-refractivity contribution is -0.168. The molecule has 6 heteroatoms. The van der Waals surface area contributed by atoms with Crippen LogP contribution in [0.3, 0.4) is 0 Å². The van der Waals surface area contributed by atoms with E-state index in [1.54, 1.807) is 30.3 Å². The summed E-state index contributed by atoms with van der Waals surface area (Å²) in [6.07, 6.45) is -4.46. The molecule has 0 radical (unpaired) electrons. The molecule has 1 saturated heterocycles. The van der Waals surface area contributed by atoms with Crippen LogP contribution in [0.25, 0.3) is 0 Å². The SMILES string of the molecule is O=C1[C@@H]2C(C(F)(F)F)[C@H]2C(=O)N1Cc1ccccc1. The molecule has 0 unspecified atom stereocenters. The smallest absolute Gasteiger partial charge is 0.278 e. The van der Waals surface area contributed by atoms with E-state index in [2.05, 4.69) is 0 Å². The number of amides is 2. The normalized spacial score (nSPS) is 29.6. The van der Waals surface area contributed by atoms with Crippen molar-refractivity contribution in [2.75, 3.05) is 0 Å². The van der Waals surface area contributed by atoms with Crippen LogP contribution in [-0.2, 0) is 16.1 Å². The molecule has 2 amide bonds. The third-order valence-electron chi connectivity index (χ3n) is 3.68. The number of imide groups is 1. The molecule has 1 heterocycles. The van der Waals surface area contributed by atoms with Gasteiger partial charge in [-0.1, -0.05) is 30.3 Å². The van der Waals surface area contributed by atoms with E-state index in [4.69, 9.17) is 0 Å². The van der Waals surface area contributed by atoms with Crippen LogP contribution in [0.4, 0.5) is 13.2 Å². The molecule has 0 N–H and O–H groups in total. The number of alkyl halides is 3. The fourth-order valence-electron chi connectivity index (χ4n) is 2.72. The fourth-order valence-corrected chi connectivity index (χ4v) is 2.72. The van der Waals surface area contributed by atoms with Crippen molar-refractivity contribution in [2.24, 2.45) is 17.8 Å². The first kappa shape index (κ1) is 12.2. The van der Waals surface area contributed by atoms with Gasteiger partial charge in [0, 0.05) is 0 Å². The Morgan fingerprint density at radius 2 is 1.53 bits per heavy atom. The quantitative estimate of drug-likeness (QED) is 0.770. The molecule has 3 rings (SSSR count). The second-order valence-electron chi connectivity index (χ2n) is 4.87. The number of hydrogen-bond donors (Lipinski definition) is 0. The number of hydrogen-bond acceptors (Lipinski definition) is 2. The first-order chi connectivity index (χ1) is 8.91. The number of nitrogens with zero attached hydrogens (tertiary/aromatic N) is 1. The van der Waals surface area contributed by atoms with Gasteiger partial charge in [0.2, 0.25) is 11.8 Å². The van der Waals surface area contributed by atoms with Crippen LogP contribution in [0.5, 0.6) is 0 Å². The van der Waals surface area contributed by atoms with Crippen LogP contribution in [0.1, 0.15) is 5.56 Å². The predicted molar refractivity (Wildman–Crippen MR) is 58.5 cm³/mol.